The molecule has 168 valence electrons. The van der Waals surface area contributed by atoms with E-state index in [0.717, 1.165) is 17.7 Å². The minimum absolute atomic E-state index is 0.273. The fourth-order valence-corrected chi connectivity index (χ4v) is 5.30. The van der Waals surface area contributed by atoms with Gasteiger partial charge in [0.25, 0.3) is 0 Å². The van der Waals surface area contributed by atoms with Gasteiger partial charge in [-0.05, 0) is 82.8 Å². The molecule has 0 bridgehead atoms. The average molecular weight is 439 g/mol. The van der Waals surface area contributed by atoms with Crippen molar-refractivity contribution in [2.24, 2.45) is 5.92 Å². The number of hydrogen-bond donors (Lipinski definition) is 0. The molecule has 3 aromatic rings. The average Bonchev–Trinajstić information content (AvgIpc) is 3.27. The molecule has 0 aromatic heterocycles. The monoisotopic (exact) mass is 438 g/mol. The van der Waals surface area contributed by atoms with Gasteiger partial charge in [0, 0.05) is 0 Å². The van der Waals surface area contributed by atoms with Crippen molar-refractivity contribution in [3.05, 3.63) is 101 Å². The summed E-state index contributed by atoms with van der Waals surface area (Å²) < 4.78 is 11.0. The molecule has 0 radical (unpaired) electrons. The first-order valence-electron chi connectivity index (χ1n) is 11.9. The molecule has 33 heavy (non-hydrogen) atoms. The predicted molar refractivity (Wildman–Crippen MR) is 132 cm³/mol. The van der Waals surface area contributed by atoms with E-state index in [1.54, 1.807) is 0 Å². The van der Waals surface area contributed by atoms with E-state index >= 15 is 0 Å². The van der Waals surface area contributed by atoms with Crippen LogP contribution in [-0.2, 0) is 17.8 Å². The summed E-state index contributed by atoms with van der Waals surface area (Å²) in [5, 5.41) is 0. The Morgan fingerprint density at radius 3 is 2.39 bits per heavy atom. The summed E-state index contributed by atoms with van der Waals surface area (Å²) >= 11 is 0. The summed E-state index contributed by atoms with van der Waals surface area (Å²) in [6.45, 7) is 0.567. The van der Waals surface area contributed by atoms with E-state index in [2.05, 4.69) is 42.5 Å². The van der Waals surface area contributed by atoms with Crippen molar-refractivity contribution in [1.82, 2.24) is 0 Å². The molecule has 3 aromatic carbocycles. The topological polar surface area (TPSA) is 35.5 Å². The number of fused-ring (bicyclic) bond motifs is 1. The van der Waals surface area contributed by atoms with E-state index in [1.807, 2.05) is 30.3 Å². The third kappa shape index (κ3) is 4.59. The first-order chi connectivity index (χ1) is 16.2. The molecule has 0 saturated heterocycles. The van der Waals surface area contributed by atoms with E-state index < -0.39 is 0 Å². The van der Waals surface area contributed by atoms with Crippen molar-refractivity contribution in [1.29, 1.82) is 0 Å². The highest BCUT2D eigenvalue weighted by molar-refractivity contribution is 5.99. The van der Waals surface area contributed by atoms with E-state index in [0.29, 0.717) is 18.1 Å². The molecule has 2 aliphatic carbocycles. The molecular weight excluding hydrogens is 408 g/mol. The number of hydrogen-bond acceptors (Lipinski definition) is 3. The Morgan fingerprint density at radius 2 is 1.67 bits per heavy atom. The van der Waals surface area contributed by atoms with Crippen LogP contribution in [0.15, 0.2) is 72.8 Å². The molecule has 0 N–H and O–H groups in total. The molecule has 1 fully saturated rings. The quantitative estimate of drug-likeness (QED) is 0.385. The summed E-state index contributed by atoms with van der Waals surface area (Å²) in [6, 6.07) is 24.8. The molecule has 3 nitrogen and oxygen atoms in total. The van der Waals surface area contributed by atoms with E-state index in [4.69, 9.17) is 9.47 Å². The van der Waals surface area contributed by atoms with Crippen molar-refractivity contribution >= 4 is 17.1 Å². The van der Waals surface area contributed by atoms with Crippen LogP contribution in [0.3, 0.4) is 0 Å². The second kappa shape index (κ2) is 9.66. The lowest BCUT2D eigenvalue weighted by atomic mass is 9.79. The van der Waals surface area contributed by atoms with Gasteiger partial charge in [0.2, 0.25) is 0 Å². The molecule has 3 heteroatoms. The Labute approximate surface area is 196 Å². The Morgan fingerprint density at radius 1 is 0.909 bits per heavy atom. The smallest absolute Gasteiger partial charge is 0.337 e. The first-order valence-corrected chi connectivity index (χ1v) is 11.9. The summed E-state index contributed by atoms with van der Waals surface area (Å²) in [4.78, 5) is 12.1. The van der Waals surface area contributed by atoms with E-state index in [1.165, 1.54) is 67.1 Å². The van der Waals surface area contributed by atoms with Crippen LogP contribution in [0.4, 0.5) is 0 Å². The van der Waals surface area contributed by atoms with Gasteiger partial charge >= 0.3 is 5.97 Å². The third-order valence-electron chi connectivity index (χ3n) is 6.97. The Balaban J connectivity index is 1.43. The van der Waals surface area contributed by atoms with Crippen LogP contribution in [-0.4, -0.2) is 13.1 Å². The SMILES string of the molecule is COC(=O)c1ccc2c(c1)CC(c1ccc(OCc3ccccc3)cc1)=C2C1CCCCC1. The molecule has 0 spiro atoms. The van der Waals surface area contributed by atoms with Crippen LogP contribution in [0.1, 0.15) is 64.7 Å². The van der Waals surface area contributed by atoms with E-state index in [9.17, 15) is 4.79 Å². The number of rotatable bonds is 6. The van der Waals surface area contributed by atoms with Gasteiger partial charge in [-0.1, -0.05) is 67.8 Å². The first kappa shape index (κ1) is 21.5. The summed E-state index contributed by atoms with van der Waals surface area (Å²) in [5.41, 5.74) is 8.47. The number of methoxy groups -OCH3 is 1. The molecule has 2 aliphatic rings. The number of ether oxygens (including phenoxy) is 2. The predicted octanol–water partition coefficient (Wildman–Crippen LogP) is 7.10. The lowest BCUT2D eigenvalue weighted by Crippen LogP contribution is -2.09. The highest BCUT2D eigenvalue weighted by Crippen LogP contribution is 2.47. The number of esters is 1. The summed E-state index contributed by atoms with van der Waals surface area (Å²) in [6.07, 6.45) is 7.27. The van der Waals surface area contributed by atoms with Crippen LogP contribution in [0.2, 0.25) is 0 Å². The fraction of sp³-hybridized carbons (Fsp3) is 0.300. The van der Waals surface area contributed by atoms with Gasteiger partial charge in [0.1, 0.15) is 12.4 Å². The molecule has 0 aliphatic heterocycles. The van der Waals surface area contributed by atoms with Gasteiger partial charge in [0.15, 0.2) is 0 Å². The third-order valence-corrected chi connectivity index (χ3v) is 6.97. The maximum atomic E-state index is 12.1. The van der Waals surface area contributed by atoms with Gasteiger partial charge in [0.05, 0.1) is 12.7 Å². The highest BCUT2D eigenvalue weighted by atomic mass is 16.5. The number of carbonyl (C=O) groups excluding carboxylic acids is 1. The molecule has 0 atom stereocenters. The number of allylic oxidation sites excluding steroid dienone is 2. The molecule has 5 rings (SSSR count). The summed E-state index contributed by atoms with van der Waals surface area (Å²) in [7, 11) is 1.44. The maximum absolute atomic E-state index is 12.1. The minimum Gasteiger partial charge on any atom is -0.489 e. The van der Waals surface area contributed by atoms with Crippen molar-refractivity contribution in [2.45, 2.75) is 45.1 Å². The largest absolute Gasteiger partial charge is 0.489 e. The van der Waals surface area contributed by atoms with Crippen molar-refractivity contribution < 1.29 is 14.3 Å². The van der Waals surface area contributed by atoms with Gasteiger partial charge in [-0.25, -0.2) is 4.79 Å². The van der Waals surface area contributed by atoms with Crippen LogP contribution in [0.25, 0.3) is 11.1 Å². The second-order valence-corrected chi connectivity index (χ2v) is 9.07. The molecule has 1 saturated carbocycles. The standard InChI is InChI=1S/C30H30O3/c1-32-30(31)24-14-17-27-25(18-24)19-28(29(27)23-10-6-3-7-11-23)22-12-15-26(16-13-22)33-20-21-8-4-2-5-9-21/h2,4-5,8-9,12-18,23H,3,6-7,10-11,19-20H2,1H3. The molecular formula is C30H30O3. The molecule has 0 amide bonds. The van der Waals surface area contributed by atoms with Crippen molar-refractivity contribution in [3.8, 4) is 5.75 Å². The zero-order chi connectivity index (χ0) is 22.6. The fourth-order valence-electron chi connectivity index (χ4n) is 5.30. The van der Waals surface area contributed by atoms with E-state index in [-0.39, 0.29) is 5.97 Å². The van der Waals surface area contributed by atoms with Crippen molar-refractivity contribution in [3.63, 3.8) is 0 Å². The lowest BCUT2D eigenvalue weighted by Gasteiger charge is -2.25. The van der Waals surface area contributed by atoms with Gasteiger partial charge in [-0.3, -0.25) is 0 Å². The zero-order valence-corrected chi connectivity index (χ0v) is 19.2. The normalized spacial score (nSPS) is 15.9. The Kier molecular flexibility index (Phi) is 6.30. The van der Waals surface area contributed by atoms with Crippen LogP contribution < -0.4 is 4.74 Å². The Hall–Kier alpha value is -3.33. The van der Waals surface area contributed by atoms with Crippen molar-refractivity contribution in [2.75, 3.05) is 7.11 Å². The number of benzene rings is 3. The Bertz CT molecular complexity index is 1150. The lowest BCUT2D eigenvalue weighted by molar-refractivity contribution is 0.0600. The van der Waals surface area contributed by atoms with Gasteiger partial charge in [-0.15, -0.1) is 0 Å². The van der Waals surface area contributed by atoms with Crippen LogP contribution in [0, 0.1) is 5.92 Å². The van der Waals surface area contributed by atoms with Gasteiger partial charge < -0.3 is 9.47 Å². The number of carbonyl (C=O) groups is 1. The highest BCUT2D eigenvalue weighted by Gasteiger charge is 2.30. The van der Waals surface area contributed by atoms with Crippen LogP contribution >= 0.6 is 0 Å². The zero-order valence-electron chi connectivity index (χ0n) is 19.2. The molecule has 0 unspecified atom stereocenters. The minimum atomic E-state index is -0.273. The maximum Gasteiger partial charge on any atom is 0.337 e. The molecule has 0 heterocycles. The second-order valence-electron chi connectivity index (χ2n) is 9.07. The summed E-state index contributed by atoms with van der Waals surface area (Å²) in [5.74, 6) is 1.20. The van der Waals surface area contributed by atoms with Crippen LogP contribution in [0.5, 0.6) is 5.75 Å². The van der Waals surface area contributed by atoms with Gasteiger partial charge in [-0.2, -0.15) is 0 Å².